The Kier molecular flexibility index (Phi) is 5.40. The second kappa shape index (κ2) is 7.28. The first kappa shape index (κ1) is 14.8. The van der Waals surface area contributed by atoms with Crippen molar-refractivity contribution in [2.45, 2.75) is 6.54 Å². The Bertz CT molecular complexity index is 562. The predicted octanol–water partition coefficient (Wildman–Crippen LogP) is 2.09. The van der Waals surface area contributed by atoms with Gasteiger partial charge in [0.15, 0.2) is 0 Å². The van der Waals surface area contributed by atoms with Crippen LogP contribution in [0.2, 0.25) is 0 Å². The summed E-state index contributed by atoms with van der Waals surface area (Å²) in [5.74, 6) is 0.0889. The quantitative estimate of drug-likeness (QED) is 0.793. The van der Waals surface area contributed by atoms with Gasteiger partial charge in [0.2, 0.25) is 0 Å². The third kappa shape index (κ3) is 3.30. The standard InChI is InChI=1S/C13H16FN3O2S/c1-18-7-6-15-8-11-13(16-17-20-11)12-9(14)4-3-5-10(12)19-2/h3-5,15H,6-8H2,1-2H3. The number of aromatic nitrogens is 2. The van der Waals surface area contributed by atoms with E-state index in [0.29, 0.717) is 36.7 Å². The van der Waals surface area contributed by atoms with Crippen molar-refractivity contribution >= 4 is 11.5 Å². The monoisotopic (exact) mass is 297 g/mol. The second-order valence-corrected chi connectivity index (χ2v) is 4.87. The van der Waals surface area contributed by atoms with E-state index < -0.39 is 0 Å². The van der Waals surface area contributed by atoms with Gasteiger partial charge in [-0.1, -0.05) is 10.6 Å². The van der Waals surface area contributed by atoms with Gasteiger partial charge in [0.05, 0.1) is 24.2 Å². The lowest BCUT2D eigenvalue weighted by atomic mass is 10.1. The fraction of sp³-hybridized carbons (Fsp3) is 0.385. The molecule has 2 rings (SSSR count). The Labute approximate surface area is 120 Å². The number of nitrogens with one attached hydrogen (secondary N) is 1. The third-order valence-corrected chi connectivity index (χ3v) is 3.48. The first-order valence-electron chi connectivity index (χ1n) is 6.11. The van der Waals surface area contributed by atoms with Crippen LogP contribution in [0.3, 0.4) is 0 Å². The molecular formula is C13H16FN3O2S. The number of hydrogen-bond donors (Lipinski definition) is 1. The molecule has 20 heavy (non-hydrogen) atoms. The summed E-state index contributed by atoms with van der Waals surface area (Å²) in [4.78, 5) is 0.865. The summed E-state index contributed by atoms with van der Waals surface area (Å²) in [6.45, 7) is 1.89. The average molecular weight is 297 g/mol. The van der Waals surface area contributed by atoms with Gasteiger partial charge >= 0.3 is 0 Å². The van der Waals surface area contributed by atoms with Crippen LogP contribution < -0.4 is 10.1 Å². The molecule has 0 aliphatic rings. The maximum absolute atomic E-state index is 14.0. The molecule has 108 valence electrons. The number of hydrogen-bond acceptors (Lipinski definition) is 6. The lowest BCUT2D eigenvalue weighted by molar-refractivity contribution is 0.199. The first-order chi connectivity index (χ1) is 9.77. The zero-order valence-electron chi connectivity index (χ0n) is 11.4. The van der Waals surface area contributed by atoms with Gasteiger partial charge in [-0.25, -0.2) is 4.39 Å². The van der Waals surface area contributed by atoms with Gasteiger partial charge in [-0.2, -0.15) is 0 Å². The maximum Gasteiger partial charge on any atom is 0.136 e. The fourth-order valence-corrected chi connectivity index (χ4v) is 2.41. The molecule has 0 bridgehead atoms. The Morgan fingerprint density at radius 1 is 1.35 bits per heavy atom. The van der Waals surface area contributed by atoms with Crippen LogP contribution >= 0.6 is 11.5 Å². The third-order valence-electron chi connectivity index (χ3n) is 2.76. The molecule has 1 heterocycles. The SMILES string of the molecule is COCCNCc1snnc1-c1c(F)cccc1OC. The Morgan fingerprint density at radius 2 is 2.20 bits per heavy atom. The van der Waals surface area contributed by atoms with Crippen LogP contribution in [0.1, 0.15) is 4.88 Å². The number of halogens is 1. The Morgan fingerprint density at radius 3 is 2.95 bits per heavy atom. The van der Waals surface area contributed by atoms with Crippen molar-refractivity contribution in [1.82, 2.24) is 14.9 Å². The van der Waals surface area contributed by atoms with Crippen LogP contribution in [-0.2, 0) is 11.3 Å². The Balaban J connectivity index is 2.23. The largest absolute Gasteiger partial charge is 0.496 e. The van der Waals surface area contributed by atoms with E-state index in [1.54, 1.807) is 19.2 Å². The van der Waals surface area contributed by atoms with Crippen molar-refractivity contribution in [3.63, 3.8) is 0 Å². The fourth-order valence-electron chi connectivity index (χ4n) is 1.80. The summed E-state index contributed by atoms with van der Waals surface area (Å²) in [6, 6.07) is 4.70. The molecule has 0 amide bonds. The number of methoxy groups -OCH3 is 2. The number of nitrogens with zero attached hydrogens (tertiary/aromatic N) is 2. The van der Waals surface area contributed by atoms with Crippen LogP contribution in [0.15, 0.2) is 18.2 Å². The molecule has 1 aromatic heterocycles. The van der Waals surface area contributed by atoms with Crippen molar-refractivity contribution < 1.29 is 13.9 Å². The van der Waals surface area contributed by atoms with Crippen molar-refractivity contribution in [3.05, 3.63) is 28.9 Å². The van der Waals surface area contributed by atoms with E-state index in [1.165, 1.54) is 24.7 Å². The molecule has 0 spiro atoms. The van der Waals surface area contributed by atoms with Crippen LogP contribution in [0.4, 0.5) is 4.39 Å². The zero-order chi connectivity index (χ0) is 14.4. The molecule has 0 saturated heterocycles. The van der Waals surface area contributed by atoms with Crippen molar-refractivity contribution in [1.29, 1.82) is 0 Å². The van der Waals surface area contributed by atoms with Crippen molar-refractivity contribution in [2.75, 3.05) is 27.4 Å². The molecule has 0 unspecified atom stereocenters. The highest BCUT2D eigenvalue weighted by atomic mass is 32.1. The van der Waals surface area contributed by atoms with Gasteiger partial charge in [-0.05, 0) is 23.7 Å². The average Bonchev–Trinajstić information content (AvgIpc) is 2.91. The van der Waals surface area contributed by atoms with Crippen LogP contribution in [0.5, 0.6) is 5.75 Å². The smallest absolute Gasteiger partial charge is 0.136 e. The zero-order valence-corrected chi connectivity index (χ0v) is 12.2. The summed E-state index contributed by atoms with van der Waals surface area (Å²) in [6.07, 6.45) is 0. The van der Waals surface area contributed by atoms with Crippen molar-refractivity contribution in [3.8, 4) is 17.0 Å². The minimum Gasteiger partial charge on any atom is -0.496 e. The van der Waals surface area contributed by atoms with E-state index in [-0.39, 0.29) is 5.82 Å². The molecular weight excluding hydrogens is 281 g/mol. The summed E-state index contributed by atoms with van der Waals surface area (Å²) in [7, 11) is 3.15. The molecule has 0 radical (unpaired) electrons. The lowest BCUT2D eigenvalue weighted by Gasteiger charge is -2.09. The molecule has 0 aliphatic heterocycles. The molecule has 5 nitrogen and oxygen atoms in total. The van der Waals surface area contributed by atoms with Crippen molar-refractivity contribution in [2.24, 2.45) is 0 Å². The summed E-state index contributed by atoms with van der Waals surface area (Å²) in [5, 5.41) is 7.23. The molecule has 0 fully saturated rings. The Hall–Kier alpha value is -1.57. The number of benzene rings is 1. The highest BCUT2D eigenvalue weighted by molar-refractivity contribution is 7.05. The minimum atomic E-state index is -0.366. The van der Waals surface area contributed by atoms with Gasteiger partial charge in [0.1, 0.15) is 17.3 Å². The summed E-state index contributed by atoms with van der Waals surface area (Å²) in [5.41, 5.74) is 0.877. The van der Waals surface area contributed by atoms with Gasteiger partial charge in [-0.15, -0.1) is 5.10 Å². The van der Waals surface area contributed by atoms with Gasteiger partial charge in [-0.3, -0.25) is 0 Å². The van der Waals surface area contributed by atoms with E-state index in [2.05, 4.69) is 14.9 Å². The lowest BCUT2D eigenvalue weighted by Crippen LogP contribution is -2.18. The van der Waals surface area contributed by atoms with Crippen LogP contribution in [-0.4, -0.2) is 37.0 Å². The van der Waals surface area contributed by atoms with E-state index >= 15 is 0 Å². The molecule has 0 aliphatic carbocycles. The van der Waals surface area contributed by atoms with E-state index in [4.69, 9.17) is 9.47 Å². The molecule has 2 aromatic rings. The first-order valence-corrected chi connectivity index (χ1v) is 6.89. The highest BCUT2D eigenvalue weighted by Crippen LogP contribution is 2.34. The predicted molar refractivity (Wildman–Crippen MR) is 75.4 cm³/mol. The minimum absolute atomic E-state index is 0.354. The van der Waals surface area contributed by atoms with Crippen LogP contribution in [0.25, 0.3) is 11.3 Å². The number of rotatable bonds is 7. The van der Waals surface area contributed by atoms with Crippen LogP contribution in [0, 0.1) is 5.82 Å². The maximum atomic E-state index is 14.0. The molecule has 0 saturated carbocycles. The van der Waals surface area contributed by atoms with E-state index in [1.807, 2.05) is 0 Å². The molecule has 0 atom stereocenters. The molecule has 1 aromatic carbocycles. The molecule has 7 heteroatoms. The van der Waals surface area contributed by atoms with Gasteiger partial charge in [0.25, 0.3) is 0 Å². The van der Waals surface area contributed by atoms with E-state index in [9.17, 15) is 4.39 Å². The number of ether oxygens (including phenoxy) is 2. The normalized spacial score (nSPS) is 10.8. The van der Waals surface area contributed by atoms with E-state index in [0.717, 1.165) is 4.88 Å². The topological polar surface area (TPSA) is 56.3 Å². The van der Waals surface area contributed by atoms with Gasteiger partial charge < -0.3 is 14.8 Å². The van der Waals surface area contributed by atoms with Gasteiger partial charge in [0, 0.05) is 20.2 Å². The second-order valence-electron chi connectivity index (χ2n) is 4.03. The molecule has 1 N–H and O–H groups in total. The summed E-state index contributed by atoms with van der Waals surface area (Å²) < 4.78 is 28.1. The highest BCUT2D eigenvalue weighted by Gasteiger charge is 2.18. The summed E-state index contributed by atoms with van der Waals surface area (Å²) >= 11 is 1.24.